The number of aryl methyl sites for hydroxylation is 1. The Morgan fingerprint density at radius 2 is 1.76 bits per heavy atom. The molecule has 0 amide bonds. The zero-order chi connectivity index (χ0) is 18.1. The van der Waals surface area contributed by atoms with Gasteiger partial charge in [-0.3, -0.25) is 9.69 Å². The minimum Gasteiger partial charge on any atom is -0.373 e. The summed E-state index contributed by atoms with van der Waals surface area (Å²) < 4.78 is 20.9. The van der Waals surface area contributed by atoms with E-state index in [1.807, 2.05) is 38.3 Å². The maximum atomic E-state index is 13.2. The fraction of sp³-hybridized carbons (Fsp3) is 0.450. The fourth-order valence-corrected chi connectivity index (χ4v) is 3.73. The van der Waals surface area contributed by atoms with Crippen molar-refractivity contribution in [2.24, 2.45) is 0 Å². The second-order valence-corrected chi connectivity index (χ2v) is 6.97. The Labute approximate surface area is 148 Å². The van der Waals surface area contributed by atoms with Gasteiger partial charge in [0.1, 0.15) is 5.82 Å². The number of halogens is 1. The highest BCUT2D eigenvalue weighted by atomic mass is 19.1. The zero-order valence-electron chi connectivity index (χ0n) is 15.3. The van der Waals surface area contributed by atoms with Crippen molar-refractivity contribution in [2.45, 2.75) is 39.9 Å². The third-order valence-electron chi connectivity index (χ3n) is 4.68. The standard InChI is InChI=1S/C20H25FN2O2/c1-13-9-19(16(4)23(13)18-7-5-17(21)6-8-18)20(24)12-22-10-14(2)25-15(3)11-22/h5-9,14-15H,10-12H2,1-4H3/t14-,15-/m0/s1. The monoisotopic (exact) mass is 344 g/mol. The number of hydrogen-bond acceptors (Lipinski definition) is 3. The SMILES string of the molecule is Cc1cc(C(=O)CN2C[C@H](C)O[C@@H](C)C2)c(C)n1-c1ccc(F)cc1. The molecule has 2 heterocycles. The third-order valence-corrected chi connectivity index (χ3v) is 4.68. The molecule has 0 aliphatic carbocycles. The Balaban J connectivity index is 1.82. The number of rotatable bonds is 4. The summed E-state index contributed by atoms with van der Waals surface area (Å²) >= 11 is 0. The summed E-state index contributed by atoms with van der Waals surface area (Å²) in [6.07, 6.45) is 0.284. The zero-order valence-corrected chi connectivity index (χ0v) is 15.3. The first kappa shape index (κ1) is 17.8. The Morgan fingerprint density at radius 1 is 1.16 bits per heavy atom. The van der Waals surface area contributed by atoms with Gasteiger partial charge in [0, 0.05) is 35.7 Å². The number of aromatic nitrogens is 1. The summed E-state index contributed by atoms with van der Waals surface area (Å²) in [5.74, 6) is -0.152. The summed E-state index contributed by atoms with van der Waals surface area (Å²) in [4.78, 5) is 15.0. The number of carbonyl (C=O) groups excluding carboxylic acids is 1. The molecular formula is C20H25FN2O2. The van der Waals surface area contributed by atoms with E-state index in [0.717, 1.165) is 35.7 Å². The molecule has 2 aromatic rings. The van der Waals surface area contributed by atoms with Gasteiger partial charge in [0.25, 0.3) is 0 Å². The molecule has 5 heteroatoms. The van der Waals surface area contributed by atoms with Crippen molar-refractivity contribution in [3.8, 4) is 5.69 Å². The summed E-state index contributed by atoms with van der Waals surface area (Å²) in [5.41, 5.74) is 3.46. The molecule has 0 radical (unpaired) electrons. The molecule has 0 unspecified atom stereocenters. The molecule has 1 saturated heterocycles. The van der Waals surface area contributed by atoms with E-state index in [9.17, 15) is 9.18 Å². The summed E-state index contributed by atoms with van der Waals surface area (Å²) in [6.45, 7) is 9.91. The number of hydrogen-bond donors (Lipinski definition) is 0. The van der Waals surface area contributed by atoms with Gasteiger partial charge in [-0.05, 0) is 58.0 Å². The Kier molecular flexibility index (Phi) is 5.06. The molecule has 0 spiro atoms. The first-order valence-electron chi connectivity index (χ1n) is 8.71. The smallest absolute Gasteiger partial charge is 0.178 e. The van der Waals surface area contributed by atoms with Gasteiger partial charge >= 0.3 is 0 Å². The summed E-state index contributed by atoms with van der Waals surface area (Å²) in [7, 11) is 0. The van der Waals surface area contributed by atoms with Gasteiger partial charge in [-0.15, -0.1) is 0 Å². The molecule has 3 rings (SSSR count). The van der Waals surface area contributed by atoms with Crippen LogP contribution >= 0.6 is 0 Å². The van der Waals surface area contributed by atoms with Gasteiger partial charge < -0.3 is 9.30 Å². The van der Waals surface area contributed by atoms with Crippen molar-refractivity contribution >= 4 is 5.78 Å². The molecule has 1 aliphatic heterocycles. The largest absolute Gasteiger partial charge is 0.373 e. The second-order valence-electron chi connectivity index (χ2n) is 6.97. The van der Waals surface area contributed by atoms with Crippen LogP contribution in [-0.2, 0) is 4.74 Å². The summed E-state index contributed by atoms with van der Waals surface area (Å²) in [6, 6.07) is 8.26. The minimum atomic E-state index is -0.266. The van der Waals surface area contributed by atoms with Crippen LogP contribution in [0.4, 0.5) is 4.39 Å². The second kappa shape index (κ2) is 7.10. The van der Waals surface area contributed by atoms with Gasteiger partial charge in [-0.1, -0.05) is 0 Å². The molecule has 0 bridgehead atoms. The molecule has 0 N–H and O–H groups in total. The van der Waals surface area contributed by atoms with Crippen molar-refractivity contribution in [3.63, 3.8) is 0 Å². The van der Waals surface area contributed by atoms with E-state index >= 15 is 0 Å². The number of morpholine rings is 1. The average molecular weight is 344 g/mol. The number of benzene rings is 1. The predicted molar refractivity (Wildman–Crippen MR) is 96.0 cm³/mol. The van der Waals surface area contributed by atoms with Crippen LogP contribution in [0.2, 0.25) is 0 Å². The molecule has 0 saturated carbocycles. The molecule has 1 fully saturated rings. The van der Waals surface area contributed by atoms with Crippen LogP contribution < -0.4 is 0 Å². The van der Waals surface area contributed by atoms with Crippen LogP contribution in [0.1, 0.15) is 35.6 Å². The van der Waals surface area contributed by atoms with Gasteiger partial charge in [0.05, 0.1) is 18.8 Å². The van der Waals surface area contributed by atoms with Gasteiger partial charge in [0.2, 0.25) is 0 Å². The lowest BCUT2D eigenvalue weighted by Gasteiger charge is -2.34. The predicted octanol–water partition coefficient (Wildman–Crippen LogP) is 3.53. The Bertz CT molecular complexity index is 757. The normalized spacial score (nSPS) is 21.5. The number of ketones is 1. The highest BCUT2D eigenvalue weighted by Crippen LogP contribution is 2.22. The van der Waals surface area contributed by atoms with E-state index in [0.29, 0.717) is 6.54 Å². The van der Waals surface area contributed by atoms with Gasteiger partial charge in [0.15, 0.2) is 5.78 Å². The van der Waals surface area contributed by atoms with E-state index < -0.39 is 0 Å². The van der Waals surface area contributed by atoms with E-state index in [4.69, 9.17) is 4.74 Å². The van der Waals surface area contributed by atoms with Crippen molar-refractivity contribution in [2.75, 3.05) is 19.6 Å². The lowest BCUT2D eigenvalue weighted by atomic mass is 10.1. The minimum absolute atomic E-state index is 0.114. The van der Waals surface area contributed by atoms with Gasteiger partial charge in [-0.25, -0.2) is 4.39 Å². The van der Waals surface area contributed by atoms with Crippen LogP contribution in [0.15, 0.2) is 30.3 Å². The fourth-order valence-electron chi connectivity index (χ4n) is 3.73. The summed E-state index contributed by atoms with van der Waals surface area (Å²) in [5, 5.41) is 0. The molecule has 1 aromatic carbocycles. The quantitative estimate of drug-likeness (QED) is 0.796. The van der Waals surface area contributed by atoms with Gasteiger partial charge in [-0.2, -0.15) is 0 Å². The van der Waals surface area contributed by atoms with Crippen LogP contribution in [0.5, 0.6) is 0 Å². The molecule has 2 atom stereocenters. The molecule has 134 valence electrons. The van der Waals surface area contributed by atoms with Crippen LogP contribution in [0.3, 0.4) is 0 Å². The number of carbonyl (C=O) groups is 1. The van der Waals surface area contributed by atoms with Crippen LogP contribution in [-0.4, -0.2) is 47.1 Å². The maximum absolute atomic E-state index is 13.2. The highest BCUT2D eigenvalue weighted by molar-refractivity contribution is 5.99. The topological polar surface area (TPSA) is 34.5 Å². The maximum Gasteiger partial charge on any atom is 0.178 e. The van der Waals surface area contributed by atoms with Crippen LogP contribution in [0, 0.1) is 19.7 Å². The van der Waals surface area contributed by atoms with Crippen molar-refractivity contribution in [1.29, 1.82) is 0 Å². The van der Waals surface area contributed by atoms with Crippen molar-refractivity contribution in [3.05, 3.63) is 53.1 Å². The highest BCUT2D eigenvalue weighted by Gasteiger charge is 2.25. The number of nitrogens with zero attached hydrogens (tertiary/aromatic N) is 2. The molecular weight excluding hydrogens is 319 g/mol. The molecule has 25 heavy (non-hydrogen) atoms. The third kappa shape index (κ3) is 3.83. The number of ether oxygens (including phenoxy) is 1. The Hall–Kier alpha value is -1.98. The lowest BCUT2D eigenvalue weighted by Crippen LogP contribution is -2.47. The van der Waals surface area contributed by atoms with Crippen molar-refractivity contribution in [1.82, 2.24) is 9.47 Å². The van der Waals surface area contributed by atoms with E-state index in [2.05, 4.69) is 4.90 Å². The van der Waals surface area contributed by atoms with Crippen molar-refractivity contribution < 1.29 is 13.9 Å². The molecule has 1 aromatic heterocycles. The molecule has 1 aliphatic rings. The lowest BCUT2D eigenvalue weighted by molar-refractivity contribution is -0.0652. The first-order valence-corrected chi connectivity index (χ1v) is 8.71. The first-order chi connectivity index (χ1) is 11.8. The van der Waals surface area contributed by atoms with E-state index in [1.54, 1.807) is 12.1 Å². The van der Waals surface area contributed by atoms with E-state index in [1.165, 1.54) is 12.1 Å². The average Bonchev–Trinajstić information content (AvgIpc) is 2.82. The molecule has 4 nitrogen and oxygen atoms in total. The van der Waals surface area contributed by atoms with Crippen LogP contribution in [0.25, 0.3) is 5.69 Å². The number of Topliss-reactive ketones (excluding diaryl/α,β-unsaturated/α-hetero) is 1. The van der Waals surface area contributed by atoms with E-state index in [-0.39, 0.29) is 23.8 Å². The Morgan fingerprint density at radius 3 is 2.36 bits per heavy atom.